The number of amides is 1. The molecule has 2 rings (SSSR count). The minimum atomic E-state index is -0.274. The standard InChI is InChI=1S/C14H14N4O2/c1-10-12(9-16-18-10)14(20)17-13-8-11(5-6-15-13)4-2-3-7-19/h5-6,8-9,19H,3,7H2,1H3,(H,16,18)(H,15,17,20). The van der Waals surface area contributed by atoms with Crippen LogP contribution in [0.15, 0.2) is 24.5 Å². The molecule has 0 unspecified atom stereocenters. The average Bonchev–Trinajstić information content (AvgIpc) is 2.86. The number of pyridine rings is 1. The number of rotatable bonds is 3. The minimum Gasteiger partial charge on any atom is -0.395 e. The van der Waals surface area contributed by atoms with Crippen LogP contribution in [0.3, 0.4) is 0 Å². The highest BCUT2D eigenvalue weighted by atomic mass is 16.2. The lowest BCUT2D eigenvalue weighted by Gasteiger charge is -2.03. The Labute approximate surface area is 116 Å². The predicted octanol–water partition coefficient (Wildman–Crippen LogP) is 1.10. The van der Waals surface area contributed by atoms with Crippen molar-refractivity contribution in [3.8, 4) is 11.8 Å². The largest absolute Gasteiger partial charge is 0.395 e. The van der Waals surface area contributed by atoms with Crippen LogP contribution in [0.5, 0.6) is 0 Å². The van der Waals surface area contributed by atoms with Crippen molar-refractivity contribution < 1.29 is 9.90 Å². The highest BCUT2D eigenvalue weighted by Gasteiger charge is 2.11. The second-order valence-corrected chi connectivity index (χ2v) is 4.07. The fourth-order valence-electron chi connectivity index (χ4n) is 1.56. The first kappa shape index (κ1) is 13.8. The molecule has 102 valence electrons. The fraction of sp³-hybridized carbons (Fsp3) is 0.214. The highest BCUT2D eigenvalue weighted by Crippen LogP contribution is 2.09. The molecule has 0 atom stereocenters. The number of carbonyl (C=O) groups is 1. The average molecular weight is 270 g/mol. The van der Waals surface area contributed by atoms with E-state index in [1.165, 1.54) is 6.20 Å². The summed E-state index contributed by atoms with van der Waals surface area (Å²) in [5, 5.41) is 17.9. The summed E-state index contributed by atoms with van der Waals surface area (Å²) in [6.07, 6.45) is 3.45. The van der Waals surface area contributed by atoms with Gasteiger partial charge < -0.3 is 10.4 Å². The van der Waals surface area contributed by atoms with Crippen LogP contribution < -0.4 is 5.32 Å². The Morgan fingerprint density at radius 3 is 3.10 bits per heavy atom. The van der Waals surface area contributed by atoms with Gasteiger partial charge in [0.05, 0.1) is 18.4 Å². The lowest BCUT2D eigenvalue weighted by atomic mass is 10.2. The zero-order chi connectivity index (χ0) is 14.4. The summed E-state index contributed by atoms with van der Waals surface area (Å²) in [6, 6.07) is 3.42. The summed E-state index contributed by atoms with van der Waals surface area (Å²) in [6.45, 7) is 1.80. The summed E-state index contributed by atoms with van der Waals surface area (Å²) in [7, 11) is 0. The lowest BCUT2D eigenvalue weighted by Crippen LogP contribution is -2.13. The molecule has 6 heteroatoms. The van der Waals surface area contributed by atoms with Gasteiger partial charge in [-0.25, -0.2) is 4.98 Å². The van der Waals surface area contributed by atoms with Gasteiger partial charge in [-0.15, -0.1) is 0 Å². The van der Waals surface area contributed by atoms with E-state index < -0.39 is 0 Å². The third-order valence-electron chi connectivity index (χ3n) is 2.55. The first-order valence-corrected chi connectivity index (χ1v) is 6.08. The zero-order valence-electron chi connectivity index (χ0n) is 11.0. The van der Waals surface area contributed by atoms with E-state index in [4.69, 9.17) is 5.11 Å². The molecule has 2 aromatic rings. The van der Waals surface area contributed by atoms with E-state index in [1.54, 1.807) is 25.3 Å². The van der Waals surface area contributed by atoms with Gasteiger partial charge >= 0.3 is 0 Å². The Bertz CT molecular complexity index is 667. The van der Waals surface area contributed by atoms with Gasteiger partial charge in [-0.05, 0) is 19.1 Å². The Hall–Kier alpha value is -2.65. The van der Waals surface area contributed by atoms with Crippen molar-refractivity contribution in [2.24, 2.45) is 0 Å². The molecule has 3 N–H and O–H groups in total. The van der Waals surface area contributed by atoms with Crippen molar-refractivity contribution in [1.82, 2.24) is 15.2 Å². The Kier molecular flexibility index (Phi) is 4.47. The SMILES string of the molecule is Cc1[nH]ncc1C(=O)Nc1cc(C#CCCO)ccn1. The molecule has 2 heterocycles. The number of aryl methyl sites for hydroxylation is 1. The van der Waals surface area contributed by atoms with Crippen molar-refractivity contribution >= 4 is 11.7 Å². The van der Waals surface area contributed by atoms with E-state index in [0.29, 0.717) is 23.5 Å². The Morgan fingerprint density at radius 1 is 1.55 bits per heavy atom. The maximum absolute atomic E-state index is 12.0. The number of aliphatic hydroxyl groups is 1. The molecule has 0 aliphatic heterocycles. The second-order valence-electron chi connectivity index (χ2n) is 4.07. The van der Waals surface area contributed by atoms with Crippen LogP contribution in [0, 0.1) is 18.8 Å². The molecule has 0 spiro atoms. The Morgan fingerprint density at radius 2 is 2.40 bits per heavy atom. The van der Waals surface area contributed by atoms with E-state index in [1.807, 2.05) is 0 Å². The number of nitrogens with one attached hydrogen (secondary N) is 2. The van der Waals surface area contributed by atoms with Crippen LogP contribution in [-0.2, 0) is 0 Å². The molecule has 20 heavy (non-hydrogen) atoms. The van der Waals surface area contributed by atoms with Gasteiger partial charge in [-0.2, -0.15) is 5.10 Å². The van der Waals surface area contributed by atoms with Gasteiger partial charge in [0.2, 0.25) is 0 Å². The summed E-state index contributed by atoms with van der Waals surface area (Å²) in [5.41, 5.74) is 1.90. The molecule has 0 fully saturated rings. The van der Waals surface area contributed by atoms with Gasteiger partial charge in [-0.3, -0.25) is 9.89 Å². The van der Waals surface area contributed by atoms with Crippen molar-refractivity contribution in [1.29, 1.82) is 0 Å². The van der Waals surface area contributed by atoms with E-state index in [2.05, 4.69) is 32.3 Å². The van der Waals surface area contributed by atoms with Crippen molar-refractivity contribution in [3.63, 3.8) is 0 Å². The highest BCUT2D eigenvalue weighted by molar-refractivity contribution is 6.04. The predicted molar refractivity (Wildman–Crippen MR) is 74.1 cm³/mol. The molecule has 2 aromatic heterocycles. The number of hydrogen-bond donors (Lipinski definition) is 3. The smallest absolute Gasteiger partial charge is 0.260 e. The van der Waals surface area contributed by atoms with Crippen molar-refractivity contribution in [3.05, 3.63) is 41.3 Å². The first-order valence-electron chi connectivity index (χ1n) is 6.08. The number of anilines is 1. The summed E-state index contributed by atoms with van der Waals surface area (Å²) in [4.78, 5) is 16.1. The number of hydrogen-bond acceptors (Lipinski definition) is 4. The van der Waals surface area contributed by atoms with E-state index in [9.17, 15) is 4.79 Å². The van der Waals surface area contributed by atoms with Crippen LogP contribution in [-0.4, -0.2) is 32.8 Å². The number of aliphatic hydroxyl groups excluding tert-OH is 1. The summed E-state index contributed by atoms with van der Waals surface area (Å²) in [5.74, 6) is 5.85. The van der Waals surface area contributed by atoms with Gasteiger partial charge in [-0.1, -0.05) is 11.8 Å². The molecule has 0 aromatic carbocycles. The van der Waals surface area contributed by atoms with Crippen LogP contribution in [0.2, 0.25) is 0 Å². The maximum atomic E-state index is 12.0. The molecule has 0 saturated carbocycles. The van der Waals surface area contributed by atoms with Crippen molar-refractivity contribution in [2.75, 3.05) is 11.9 Å². The molecule has 0 bridgehead atoms. The van der Waals surface area contributed by atoms with Crippen LogP contribution in [0.25, 0.3) is 0 Å². The topological polar surface area (TPSA) is 90.9 Å². The van der Waals surface area contributed by atoms with Crippen LogP contribution in [0.4, 0.5) is 5.82 Å². The van der Waals surface area contributed by atoms with Gasteiger partial charge in [0.15, 0.2) is 0 Å². The van der Waals surface area contributed by atoms with E-state index >= 15 is 0 Å². The normalized spacial score (nSPS) is 9.70. The van der Waals surface area contributed by atoms with Gasteiger partial charge in [0.1, 0.15) is 5.82 Å². The monoisotopic (exact) mass is 270 g/mol. The van der Waals surface area contributed by atoms with E-state index in [0.717, 1.165) is 5.56 Å². The third kappa shape index (κ3) is 3.43. The number of aromatic amines is 1. The quantitative estimate of drug-likeness (QED) is 0.728. The number of nitrogens with zero attached hydrogens (tertiary/aromatic N) is 2. The molecule has 1 amide bonds. The molecule has 0 radical (unpaired) electrons. The number of aromatic nitrogens is 3. The minimum absolute atomic E-state index is 0.0292. The molecular weight excluding hydrogens is 256 g/mol. The molecule has 0 saturated heterocycles. The summed E-state index contributed by atoms with van der Waals surface area (Å²) >= 11 is 0. The molecular formula is C14H14N4O2. The molecule has 0 aliphatic rings. The van der Waals surface area contributed by atoms with E-state index in [-0.39, 0.29) is 12.5 Å². The van der Waals surface area contributed by atoms with Gasteiger partial charge in [0, 0.05) is 23.9 Å². The maximum Gasteiger partial charge on any atom is 0.260 e. The lowest BCUT2D eigenvalue weighted by molar-refractivity contribution is 0.102. The Balaban J connectivity index is 2.11. The number of carbonyl (C=O) groups excluding carboxylic acids is 1. The fourth-order valence-corrected chi connectivity index (χ4v) is 1.56. The molecule has 0 aliphatic carbocycles. The first-order chi connectivity index (χ1) is 9.70. The van der Waals surface area contributed by atoms with Crippen molar-refractivity contribution in [2.45, 2.75) is 13.3 Å². The summed E-state index contributed by atoms with van der Waals surface area (Å²) < 4.78 is 0. The zero-order valence-corrected chi connectivity index (χ0v) is 11.0. The third-order valence-corrected chi connectivity index (χ3v) is 2.55. The second kappa shape index (κ2) is 6.50. The van der Waals surface area contributed by atoms with Gasteiger partial charge in [0.25, 0.3) is 5.91 Å². The molecule has 6 nitrogen and oxygen atoms in total. The van der Waals surface area contributed by atoms with Crippen LogP contribution in [0.1, 0.15) is 28.0 Å². The number of H-pyrrole nitrogens is 1. The van der Waals surface area contributed by atoms with Crippen LogP contribution >= 0.6 is 0 Å².